The van der Waals surface area contributed by atoms with Gasteiger partial charge in [-0.3, -0.25) is 4.79 Å². The van der Waals surface area contributed by atoms with Crippen LogP contribution in [-0.2, 0) is 4.79 Å². The number of aliphatic carboxylic acids is 1. The van der Waals surface area contributed by atoms with E-state index in [1.54, 1.807) is 4.90 Å². The highest BCUT2D eigenvalue weighted by Gasteiger charge is 2.46. The van der Waals surface area contributed by atoms with Crippen LogP contribution in [0.2, 0.25) is 0 Å². The van der Waals surface area contributed by atoms with E-state index >= 15 is 0 Å². The summed E-state index contributed by atoms with van der Waals surface area (Å²) in [6, 6.07) is 0.400. The molecule has 2 fully saturated rings. The van der Waals surface area contributed by atoms with Gasteiger partial charge in [0.05, 0.1) is 5.41 Å². The molecule has 2 rings (SSSR count). The molecular formula is C16H28N2O3. The van der Waals surface area contributed by atoms with E-state index in [2.05, 4.69) is 0 Å². The molecular weight excluding hydrogens is 268 g/mol. The Balaban J connectivity index is 2.04. The Hall–Kier alpha value is -1.26. The van der Waals surface area contributed by atoms with Gasteiger partial charge >= 0.3 is 12.0 Å². The number of carboxylic acid groups (broad SMARTS) is 1. The molecule has 1 aliphatic heterocycles. The topological polar surface area (TPSA) is 60.9 Å². The van der Waals surface area contributed by atoms with E-state index < -0.39 is 11.4 Å². The molecule has 0 aromatic heterocycles. The maximum atomic E-state index is 12.7. The number of hydrogen-bond donors (Lipinski definition) is 1. The highest BCUT2D eigenvalue weighted by atomic mass is 16.4. The van der Waals surface area contributed by atoms with Crippen molar-refractivity contribution < 1.29 is 14.7 Å². The summed E-state index contributed by atoms with van der Waals surface area (Å²) in [5.74, 6) is -0.747. The molecule has 2 amide bonds. The summed E-state index contributed by atoms with van der Waals surface area (Å²) in [5.41, 5.74) is -0.723. The van der Waals surface area contributed by atoms with E-state index in [4.69, 9.17) is 0 Å². The third-order valence-electron chi connectivity index (χ3n) is 5.16. The van der Waals surface area contributed by atoms with Crippen LogP contribution in [0.1, 0.15) is 58.8 Å². The summed E-state index contributed by atoms with van der Waals surface area (Å²) in [4.78, 5) is 28.1. The SMILES string of the molecule is CCCC1(C(=O)O)CCN(C(=O)N(CC)C2CCCC2)C1. The van der Waals surface area contributed by atoms with Crippen molar-refractivity contribution in [3.05, 3.63) is 0 Å². The van der Waals surface area contributed by atoms with Gasteiger partial charge < -0.3 is 14.9 Å². The predicted molar refractivity (Wildman–Crippen MR) is 81.2 cm³/mol. The molecule has 1 N–H and O–H groups in total. The normalized spacial score (nSPS) is 26.3. The Morgan fingerprint density at radius 1 is 1.29 bits per heavy atom. The van der Waals surface area contributed by atoms with Gasteiger partial charge in [0.2, 0.25) is 0 Å². The number of carboxylic acids is 1. The molecule has 0 radical (unpaired) electrons. The first-order valence-electron chi connectivity index (χ1n) is 8.33. The molecule has 0 spiro atoms. The van der Waals surface area contributed by atoms with Crippen LogP contribution in [-0.4, -0.2) is 52.6 Å². The summed E-state index contributed by atoms with van der Waals surface area (Å²) < 4.78 is 0. The van der Waals surface area contributed by atoms with Crippen molar-refractivity contribution in [1.29, 1.82) is 0 Å². The largest absolute Gasteiger partial charge is 0.481 e. The highest BCUT2D eigenvalue weighted by Crippen LogP contribution is 2.36. The molecule has 120 valence electrons. The van der Waals surface area contributed by atoms with Crippen molar-refractivity contribution in [2.24, 2.45) is 5.41 Å². The summed E-state index contributed by atoms with van der Waals surface area (Å²) >= 11 is 0. The Kier molecular flexibility index (Phi) is 5.12. The van der Waals surface area contributed by atoms with Crippen LogP contribution < -0.4 is 0 Å². The molecule has 1 atom stereocenters. The summed E-state index contributed by atoms with van der Waals surface area (Å²) in [6.45, 7) is 5.69. The summed E-state index contributed by atoms with van der Waals surface area (Å²) in [7, 11) is 0. The van der Waals surface area contributed by atoms with E-state index in [-0.39, 0.29) is 6.03 Å². The van der Waals surface area contributed by atoms with Crippen LogP contribution in [0.5, 0.6) is 0 Å². The molecule has 5 heteroatoms. The van der Waals surface area contributed by atoms with Gasteiger partial charge in [-0.2, -0.15) is 0 Å². The average Bonchev–Trinajstić information content (AvgIpc) is 3.10. The van der Waals surface area contributed by atoms with Gasteiger partial charge in [-0.25, -0.2) is 4.79 Å². The fourth-order valence-corrected chi connectivity index (χ4v) is 3.95. The zero-order valence-corrected chi connectivity index (χ0v) is 13.3. The lowest BCUT2D eigenvalue weighted by molar-refractivity contribution is -0.148. The molecule has 0 aromatic carbocycles. The molecule has 1 unspecified atom stereocenters. The maximum Gasteiger partial charge on any atom is 0.320 e. The minimum absolute atomic E-state index is 0.0450. The van der Waals surface area contributed by atoms with E-state index in [0.29, 0.717) is 38.5 Å². The van der Waals surface area contributed by atoms with Gasteiger partial charge in [0, 0.05) is 25.7 Å². The zero-order valence-electron chi connectivity index (χ0n) is 13.3. The zero-order chi connectivity index (χ0) is 15.5. The number of amides is 2. The summed E-state index contributed by atoms with van der Waals surface area (Å²) in [6.07, 6.45) is 6.66. The fraction of sp³-hybridized carbons (Fsp3) is 0.875. The number of rotatable bonds is 5. The van der Waals surface area contributed by atoms with Gasteiger partial charge in [0.1, 0.15) is 0 Å². The molecule has 1 aliphatic carbocycles. The lowest BCUT2D eigenvalue weighted by Crippen LogP contribution is -2.47. The minimum atomic E-state index is -0.747. The molecule has 0 bridgehead atoms. The van der Waals surface area contributed by atoms with E-state index in [1.807, 2.05) is 18.7 Å². The third kappa shape index (κ3) is 3.16. The molecule has 21 heavy (non-hydrogen) atoms. The lowest BCUT2D eigenvalue weighted by Gasteiger charge is -2.33. The lowest BCUT2D eigenvalue weighted by atomic mass is 9.83. The molecule has 0 aromatic rings. The fourth-order valence-electron chi connectivity index (χ4n) is 3.95. The molecule has 1 saturated carbocycles. The first-order valence-corrected chi connectivity index (χ1v) is 8.33. The first kappa shape index (κ1) is 16.1. The molecule has 1 saturated heterocycles. The Bertz CT molecular complexity index is 393. The second kappa shape index (κ2) is 6.67. The number of urea groups is 1. The van der Waals surface area contributed by atoms with E-state index in [0.717, 1.165) is 19.3 Å². The molecule has 2 aliphatic rings. The number of hydrogen-bond acceptors (Lipinski definition) is 2. The monoisotopic (exact) mass is 296 g/mol. The minimum Gasteiger partial charge on any atom is -0.481 e. The van der Waals surface area contributed by atoms with E-state index in [9.17, 15) is 14.7 Å². The quantitative estimate of drug-likeness (QED) is 0.848. The molecule has 5 nitrogen and oxygen atoms in total. The van der Waals surface area contributed by atoms with Crippen molar-refractivity contribution in [1.82, 2.24) is 9.80 Å². The number of carbonyl (C=O) groups is 2. The van der Waals surface area contributed by atoms with Crippen LogP contribution in [0, 0.1) is 5.41 Å². The van der Waals surface area contributed by atoms with Gasteiger partial charge in [-0.05, 0) is 32.6 Å². The van der Waals surface area contributed by atoms with Crippen molar-refractivity contribution in [2.45, 2.75) is 64.8 Å². The van der Waals surface area contributed by atoms with Crippen LogP contribution in [0.15, 0.2) is 0 Å². The van der Waals surface area contributed by atoms with Crippen LogP contribution in [0.25, 0.3) is 0 Å². The van der Waals surface area contributed by atoms with Gasteiger partial charge in [-0.1, -0.05) is 26.2 Å². The van der Waals surface area contributed by atoms with Gasteiger partial charge in [-0.15, -0.1) is 0 Å². The standard InChI is InChI=1S/C16H28N2O3/c1-3-9-16(14(19)20)10-11-17(12-16)15(21)18(4-2)13-7-5-6-8-13/h13H,3-12H2,1-2H3,(H,19,20). The molecule has 1 heterocycles. The predicted octanol–water partition coefficient (Wildman–Crippen LogP) is 2.95. The van der Waals surface area contributed by atoms with Crippen molar-refractivity contribution in [2.75, 3.05) is 19.6 Å². The van der Waals surface area contributed by atoms with E-state index in [1.165, 1.54) is 12.8 Å². The van der Waals surface area contributed by atoms with Crippen molar-refractivity contribution in [3.63, 3.8) is 0 Å². The van der Waals surface area contributed by atoms with Gasteiger partial charge in [0.25, 0.3) is 0 Å². The third-order valence-corrected chi connectivity index (χ3v) is 5.16. The second-order valence-corrected chi connectivity index (χ2v) is 6.51. The maximum absolute atomic E-state index is 12.7. The van der Waals surface area contributed by atoms with Crippen molar-refractivity contribution in [3.8, 4) is 0 Å². The number of carbonyl (C=O) groups excluding carboxylic acids is 1. The number of likely N-dealkylation sites (tertiary alicyclic amines) is 1. The highest BCUT2D eigenvalue weighted by molar-refractivity contribution is 5.80. The first-order chi connectivity index (χ1) is 10.0. The van der Waals surface area contributed by atoms with Crippen molar-refractivity contribution >= 4 is 12.0 Å². The van der Waals surface area contributed by atoms with Crippen LogP contribution in [0.4, 0.5) is 4.79 Å². The van der Waals surface area contributed by atoms with Gasteiger partial charge in [0.15, 0.2) is 0 Å². The second-order valence-electron chi connectivity index (χ2n) is 6.51. The van der Waals surface area contributed by atoms with Crippen LogP contribution in [0.3, 0.4) is 0 Å². The number of nitrogens with zero attached hydrogens (tertiary/aromatic N) is 2. The van der Waals surface area contributed by atoms with Crippen LogP contribution >= 0.6 is 0 Å². The summed E-state index contributed by atoms with van der Waals surface area (Å²) in [5, 5.41) is 9.55. The Morgan fingerprint density at radius 2 is 1.95 bits per heavy atom. The smallest absolute Gasteiger partial charge is 0.320 e. The average molecular weight is 296 g/mol. The Labute approximate surface area is 127 Å². The Morgan fingerprint density at radius 3 is 2.48 bits per heavy atom.